The quantitative estimate of drug-likeness (QED) is 0.821. The van der Waals surface area contributed by atoms with Crippen molar-refractivity contribution in [1.82, 2.24) is 5.32 Å². The third-order valence-electron chi connectivity index (χ3n) is 4.91. The van der Waals surface area contributed by atoms with Crippen LogP contribution in [0.25, 0.3) is 0 Å². The smallest absolute Gasteiger partial charge is 0.230 e. The summed E-state index contributed by atoms with van der Waals surface area (Å²) < 4.78 is 0. The summed E-state index contributed by atoms with van der Waals surface area (Å²) in [6, 6.07) is 6.93. The zero-order valence-corrected chi connectivity index (χ0v) is 13.8. The number of benzene rings is 1. The number of hydrogen-bond donors (Lipinski definition) is 2. The van der Waals surface area contributed by atoms with E-state index in [1.165, 1.54) is 35.3 Å². The van der Waals surface area contributed by atoms with Crippen molar-refractivity contribution in [1.29, 1.82) is 0 Å². The molecule has 22 heavy (non-hydrogen) atoms. The second kappa shape index (κ2) is 7.51. The minimum atomic E-state index is 0.137. The van der Waals surface area contributed by atoms with Gasteiger partial charge in [0.15, 0.2) is 0 Å². The highest BCUT2D eigenvalue weighted by atomic mass is 32.2. The molecule has 1 aromatic carbocycles. The number of aryl methyl sites for hydroxylation is 2. The van der Waals surface area contributed by atoms with Gasteiger partial charge in [-0.25, -0.2) is 0 Å². The van der Waals surface area contributed by atoms with Crippen molar-refractivity contribution in [3.8, 4) is 0 Å². The van der Waals surface area contributed by atoms with Gasteiger partial charge in [0.2, 0.25) is 5.91 Å². The molecule has 0 radical (unpaired) electrons. The third-order valence-corrected chi connectivity index (χ3v) is 5.90. The van der Waals surface area contributed by atoms with Gasteiger partial charge in [-0.1, -0.05) is 6.07 Å². The van der Waals surface area contributed by atoms with Crippen LogP contribution >= 0.6 is 11.8 Å². The second-order valence-electron chi connectivity index (χ2n) is 6.54. The number of thioether (sulfide) groups is 1. The van der Waals surface area contributed by atoms with E-state index >= 15 is 0 Å². The van der Waals surface area contributed by atoms with Crippen LogP contribution in [-0.4, -0.2) is 29.4 Å². The molecule has 0 aliphatic heterocycles. The van der Waals surface area contributed by atoms with Crippen LogP contribution in [0.3, 0.4) is 0 Å². The van der Waals surface area contributed by atoms with E-state index in [2.05, 4.69) is 23.5 Å². The molecule has 2 aliphatic carbocycles. The summed E-state index contributed by atoms with van der Waals surface area (Å²) in [5.74, 6) is 1.07. The third kappa shape index (κ3) is 4.05. The van der Waals surface area contributed by atoms with Crippen molar-refractivity contribution in [3.05, 3.63) is 29.3 Å². The monoisotopic (exact) mass is 319 g/mol. The number of nitrogens with one attached hydrogen (secondary N) is 1. The van der Waals surface area contributed by atoms with E-state index in [-0.39, 0.29) is 12.5 Å². The molecule has 0 bridgehead atoms. The summed E-state index contributed by atoms with van der Waals surface area (Å²) in [5.41, 5.74) is 2.95. The molecule has 0 aromatic heterocycles. The van der Waals surface area contributed by atoms with Gasteiger partial charge in [0.25, 0.3) is 0 Å². The highest BCUT2D eigenvalue weighted by Gasteiger charge is 2.21. The topological polar surface area (TPSA) is 49.3 Å². The lowest BCUT2D eigenvalue weighted by molar-refractivity contribution is -0.119. The fourth-order valence-electron chi connectivity index (χ4n) is 3.55. The fraction of sp³-hybridized carbons (Fsp3) is 0.611. The van der Waals surface area contributed by atoms with Gasteiger partial charge in [-0.3, -0.25) is 4.79 Å². The Morgan fingerprint density at radius 1 is 1.18 bits per heavy atom. The van der Waals surface area contributed by atoms with Crippen LogP contribution in [0.4, 0.5) is 0 Å². The standard InChI is InChI=1S/C18H25NO2S/c20-11-13-4-7-16(8-5-13)19-18(21)12-22-17-9-6-14-2-1-3-15(14)10-17/h6,9-10,13,16,20H,1-5,7-8,11-12H2,(H,19,21). The molecular formula is C18H25NO2S. The van der Waals surface area contributed by atoms with Crippen LogP contribution in [0.2, 0.25) is 0 Å². The van der Waals surface area contributed by atoms with Crippen LogP contribution in [-0.2, 0) is 17.6 Å². The molecule has 1 aromatic rings. The molecule has 1 amide bonds. The van der Waals surface area contributed by atoms with E-state index in [1.807, 2.05) is 0 Å². The van der Waals surface area contributed by atoms with E-state index in [0.29, 0.717) is 17.7 Å². The lowest BCUT2D eigenvalue weighted by Gasteiger charge is -2.27. The average molecular weight is 319 g/mol. The molecule has 0 atom stereocenters. The molecule has 0 saturated heterocycles. The Bertz CT molecular complexity index is 524. The predicted molar refractivity (Wildman–Crippen MR) is 90.2 cm³/mol. The van der Waals surface area contributed by atoms with Crippen LogP contribution in [0.15, 0.2) is 23.1 Å². The number of aliphatic hydroxyl groups is 1. The molecule has 1 saturated carbocycles. The van der Waals surface area contributed by atoms with Gasteiger partial charge in [0.1, 0.15) is 0 Å². The molecule has 3 rings (SSSR count). The van der Waals surface area contributed by atoms with Crippen molar-refractivity contribution in [2.75, 3.05) is 12.4 Å². The SMILES string of the molecule is O=C(CSc1ccc2c(c1)CCC2)NC1CCC(CO)CC1. The van der Waals surface area contributed by atoms with Gasteiger partial charge in [-0.15, -0.1) is 11.8 Å². The number of rotatable bonds is 5. The lowest BCUT2D eigenvalue weighted by atomic mass is 9.86. The molecule has 0 spiro atoms. The molecule has 1 fully saturated rings. The number of fused-ring (bicyclic) bond motifs is 1. The normalized spacial score (nSPS) is 24.0. The Hall–Kier alpha value is -1.00. The van der Waals surface area contributed by atoms with Gasteiger partial charge < -0.3 is 10.4 Å². The van der Waals surface area contributed by atoms with E-state index in [1.54, 1.807) is 11.8 Å². The Kier molecular flexibility index (Phi) is 5.42. The minimum Gasteiger partial charge on any atom is -0.396 e. The predicted octanol–water partition coefficient (Wildman–Crippen LogP) is 2.93. The number of carbonyl (C=O) groups is 1. The average Bonchev–Trinajstić information content (AvgIpc) is 3.01. The van der Waals surface area contributed by atoms with Crippen molar-refractivity contribution < 1.29 is 9.90 Å². The van der Waals surface area contributed by atoms with Gasteiger partial charge in [0, 0.05) is 17.5 Å². The van der Waals surface area contributed by atoms with Gasteiger partial charge in [0.05, 0.1) is 5.75 Å². The van der Waals surface area contributed by atoms with E-state index < -0.39 is 0 Å². The number of hydrogen-bond acceptors (Lipinski definition) is 3. The first-order valence-electron chi connectivity index (χ1n) is 8.39. The molecule has 2 aliphatic rings. The summed E-state index contributed by atoms with van der Waals surface area (Å²) >= 11 is 1.64. The molecule has 2 N–H and O–H groups in total. The Balaban J connectivity index is 1.43. The first kappa shape index (κ1) is 15.9. The minimum absolute atomic E-state index is 0.137. The van der Waals surface area contributed by atoms with Crippen molar-refractivity contribution in [2.24, 2.45) is 5.92 Å². The zero-order chi connectivity index (χ0) is 15.4. The molecule has 3 nitrogen and oxygen atoms in total. The van der Waals surface area contributed by atoms with Crippen molar-refractivity contribution in [2.45, 2.75) is 55.9 Å². The van der Waals surface area contributed by atoms with Gasteiger partial charge in [-0.2, -0.15) is 0 Å². The lowest BCUT2D eigenvalue weighted by Crippen LogP contribution is -2.38. The van der Waals surface area contributed by atoms with Crippen LogP contribution < -0.4 is 5.32 Å². The van der Waals surface area contributed by atoms with Crippen LogP contribution in [0.1, 0.15) is 43.2 Å². The highest BCUT2D eigenvalue weighted by molar-refractivity contribution is 8.00. The first-order chi connectivity index (χ1) is 10.7. The maximum atomic E-state index is 12.1. The maximum absolute atomic E-state index is 12.1. The van der Waals surface area contributed by atoms with Crippen molar-refractivity contribution >= 4 is 17.7 Å². The van der Waals surface area contributed by atoms with E-state index in [9.17, 15) is 4.79 Å². The fourth-order valence-corrected chi connectivity index (χ4v) is 4.32. The Morgan fingerprint density at radius 2 is 1.95 bits per heavy atom. The maximum Gasteiger partial charge on any atom is 0.230 e. The summed E-state index contributed by atoms with van der Waals surface area (Å²) in [6.07, 6.45) is 7.71. The zero-order valence-electron chi connectivity index (χ0n) is 13.0. The summed E-state index contributed by atoms with van der Waals surface area (Å²) in [6.45, 7) is 0.287. The summed E-state index contributed by atoms with van der Waals surface area (Å²) in [7, 11) is 0. The Labute approximate surface area is 136 Å². The van der Waals surface area contributed by atoms with Crippen molar-refractivity contribution in [3.63, 3.8) is 0 Å². The Morgan fingerprint density at radius 3 is 2.73 bits per heavy atom. The largest absolute Gasteiger partial charge is 0.396 e. The summed E-state index contributed by atoms with van der Waals surface area (Å²) in [5, 5.41) is 12.3. The van der Waals surface area contributed by atoms with Crippen LogP contribution in [0.5, 0.6) is 0 Å². The molecule has 0 unspecified atom stereocenters. The van der Waals surface area contributed by atoms with E-state index in [4.69, 9.17) is 5.11 Å². The summed E-state index contributed by atoms with van der Waals surface area (Å²) in [4.78, 5) is 13.3. The van der Waals surface area contributed by atoms with Gasteiger partial charge >= 0.3 is 0 Å². The second-order valence-corrected chi connectivity index (χ2v) is 7.59. The van der Waals surface area contributed by atoms with Gasteiger partial charge in [-0.05, 0) is 74.1 Å². The molecular weight excluding hydrogens is 294 g/mol. The number of aliphatic hydroxyl groups excluding tert-OH is 1. The molecule has 120 valence electrons. The van der Waals surface area contributed by atoms with Crippen LogP contribution in [0, 0.1) is 5.92 Å². The molecule has 4 heteroatoms. The molecule has 0 heterocycles. The highest BCUT2D eigenvalue weighted by Crippen LogP contribution is 2.28. The number of carbonyl (C=O) groups excluding carboxylic acids is 1. The number of amides is 1. The first-order valence-corrected chi connectivity index (χ1v) is 9.38. The van der Waals surface area contributed by atoms with E-state index in [0.717, 1.165) is 25.7 Å².